The van der Waals surface area contributed by atoms with Gasteiger partial charge in [-0.25, -0.2) is 0 Å². The Labute approximate surface area is 177 Å². The van der Waals surface area contributed by atoms with Crippen LogP contribution in [0.3, 0.4) is 0 Å². The second-order valence-electron chi connectivity index (χ2n) is 7.28. The Balaban J connectivity index is 1.62. The molecule has 0 radical (unpaired) electrons. The van der Waals surface area contributed by atoms with Crippen molar-refractivity contribution in [2.24, 2.45) is 0 Å². The van der Waals surface area contributed by atoms with Crippen molar-refractivity contribution in [1.29, 1.82) is 0 Å². The molecule has 3 heteroatoms. The Morgan fingerprint density at radius 1 is 0.633 bits per heavy atom. The summed E-state index contributed by atoms with van der Waals surface area (Å²) in [6, 6.07) is 35.7. The molecule has 0 unspecified atom stereocenters. The number of para-hydroxylation sites is 2. The van der Waals surface area contributed by atoms with Gasteiger partial charge in [-0.3, -0.25) is 4.79 Å². The average Bonchev–Trinajstić information content (AvgIpc) is 2.78. The molecule has 2 N–H and O–H groups in total. The molecule has 30 heavy (non-hydrogen) atoms. The Kier molecular flexibility index (Phi) is 5.90. The van der Waals surface area contributed by atoms with Crippen molar-refractivity contribution in [2.75, 3.05) is 10.6 Å². The minimum absolute atomic E-state index is 0.0643. The molecule has 0 aromatic heterocycles. The first-order valence-electron chi connectivity index (χ1n) is 10.0. The summed E-state index contributed by atoms with van der Waals surface area (Å²) in [5.74, 6) is -0.453. The van der Waals surface area contributed by atoms with Crippen LogP contribution in [0.4, 0.5) is 17.1 Å². The first-order chi connectivity index (χ1) is 14.7. The lowest BCUT2D eigenvalue weighted by molar-refractivity contribution is -0.116. The van der Waals surface area contributed by atoms with Gasteiger partial charge in [0.2, 0.25) is 5.91 Å². The van der Waals surface area contributed by atoms with Gasteiger partial charge < -0.3 is 10.6 Å². The Morgan fingerprint density at radius 2 is 1.13 bits per heavy atom. The standard InChI is InChI=1S/C27H24N2O/c1-20-16-18-23(19-17-20)28-24-14-8-9-15-25(24)29-27(30)26(21-10-4-2-5-11-21)22-12-6-3-7-13-22/h2-19,26,28H,1H3,(H,29,30). The molecule has 0 saturated carbocycles. The molecule has 0 aliphatic rings. The Morgan fingerprint density at radius 3 is 1.70 bits per heavy atom. The third-order valence-electron chi connectivity index (χ3n) is 5.04. The monoisotopic (exact) mass is 392 g/mol. The largest absolute Gasteiger partial charge is 0.354 e. The third kappa shape index (κ3) is 4.58. The molecule has 0 atom stereocenters. The number of hydrogen-bond acceptors (Lipinski definition) is 2. The van der Waals surface area contributed by atoms with Crippen LogP contribution in [-0.2, 0) is 4.79 Å². The first-order valence-corrected chi connectivity index (χ1v) is 10.0. The number of anilines is 3. The number of rotatable bonds is 6. The third-order valence-corrected chi connectivity index (χ3v) is 5.04. The molecule has 4 rings (SSSR count). The molecule has 0 saturated heterocycles. The van der Waals surface area contributed by atoms with Crippen LogP contribution < -0.4 is 10.6 Å². The van der Waals surface area contributed by atoms with Crippen LogP contribution in [0.2, 0.25) is 0 Å². The molecule has 148 valence electrons. The second kappa shape index (κ2) is 9.10. The van der Waals surface area contributed by atoms with Crippen molar-refractivity contribution >= 4 is 23.0 Å². The quantitative estimate of drug-likeness (QED) is 0.393. The SMILES string of the molecule is Cc1ccc(Nc2ccccc2NC(=O)C(c2ccccc2)c2ccccc2)cc1. The zero-order chi connectivity index (χ0) is 20.8. The number of aryl methyl sites for hydroxylation is 1. The lowest BCUT2D eigenvalue weighted by Crippen LogP contribution is -2.22. The fraction of sp³-hybridized carbons (Fsp3) is 0.0741. The van der Waals surface area contributed by atoms with E-state index in [1.807, 2.05) is 97.1 Å². The normalized spacial score (nSPS) is 10.6. The highest BCUT2D eigenvalue weighted by molar-refractivity contribution is 6.00. The van der Waals surface area contributed by atoms with E-state index in [-0.39, 0.29) is 11.8 Å². The zero-order valence-corrected chi connectivity index (χ0v) is 16.9. The van der Waals surface area contributed by atoms with Crippen LogP contribution >= 0.6 is 0 Å². The van der Waals surface area contributed by atoms with Crippen LogP contribution in [0, 0.1) is 6.92 Å². The van der Waals surface area contributed by atoms with Crippen molar-refractivity contribution in [3.63, 3.8) is 0 Å². The highest BCUT2D eigenvalue weighted by Crippen LogP contribution is 2.30. The smallest absolute Gasteiger partial charge is 0.236 e. The van der Waals surface area contributed by atoms with E-state index in [0.717, 1.165) is 28.2 Å². The van der Waals surface area contributed by atoms with Crippen molar-refractivity contribution in [2.45, 2.75) is 12.8 Å². The lowest BCUT2D eigenvalue weighted by atomic mass is 9.90. The van der Waals surface area contributed by atoms with Gasteiger partial charge in [0, 0.05) is 5.69 Å². The summed E-state index contributed by atoms with van der Waals surface area (Å²) in [6.07, 6.45) is 0. The maximum absolute atomic E-state index is 13.4. The van der Waals surface area contributed by atoms with E-state index in [9.17, 15) is 4.79 Å². The molecule has 1 amide bonds. The summed E-state index contributed by atoms with van der Waals surface area (Å²) < 4.78 is 0. The van der Waals surface area contributed by atoms with Gasteiger partial charge >= 0.3 is 0 Å². The molecule has 4 aromatic rings. The van der Waals surface area contributed by atoms with Crippen molar-refractivity contribution in [3.05, 3.63) is 126 Å². The minimum atomic E-state index is -0.389. The predicted octanol–water partition coefficient (Wildman–Crippen LogP) is 6.51. The number of carbonyl (C=O) groups is 1. The minimum Gasteiger partial charge on any atom is -0.354 e. The van der Waals surface area contributed by atoms with Gasteiger partial charge in [0.25, 0.3) is 0 Å². The van der Waals surface area contributed by atoms with Gasteiger partial charge in [-0.2, -0.15) is 0 Å². The van der Waals surface area contributed by atoms with Gasteiger partial charge in [0.05, 0.1) is 17.3 Å². The van der Waals surface area contributed by atoms with E-state index in [1.165, 1.54) is 5.56 Å². The van der Waals surface area contributed by atoms with Gasteiger partial charge in [-0.1, -0.05) is 90.5 Å². The summed E-state index contributed by atoms with van der Waals surface area (Å²) in [7, 11) is 0. The number of benzene rings is 4. The van der Waals surface area contributed by atoms with Gasteiger partial charge in [-0.05, 0) is 42.3 Å². The van der Waals surface area contributed by atoms with E-state index in [4.69, 9.17) is 0 Å². The van der Waals surface area contributed by atoms with Gasteiger partial charge in [0.1, 0.15) is 0 Å². The molecular formula is C27H24N2O. The van der Waals surface area contributed by atoms with Crippen LogP contribution in [0.5, 0.6) is 0 Å². The molecule has 0 spiro atoms. The molecule has 0 fully saturated rings. The number of nitrogens with one attached hydrogen (secondary N) is 2. The molecule has 0 bridgehead atoms. The number of amides is 1. The summed E-state index contributed by atoms with van der Waals surface area (Å²) in [5.41, 5.74) is 5.71. The van der Waals surface area contributed by atoms with Gasteiger partial charge in [-0.15, -0.1) is 0 Å². The van der Waals surface area contributed by atoms with Crippen molar-refractivity contribution in [1.82, 2.24) is 0 Å². The summed E-state index contributed by atoms with van der Waals surface area (Å²) in [5, 5.41) is 6.55. The molecular weight excluding hydrogens is 368 g/mol. The maximum Gasteiger partial charge on any atom is 0.236 e. The summed E-state index contributed by atoms with van der Waals surface area (Å²) >= 11 is 0. The van der Waals surface area contributed by atoms with Crippen molar-refractivity contribution < 1.29 is 4.79 Å². The highest BCUT2D eigenvalue weighted by atomic mass is 16.1. The first kappa shape index (κ1) is 19.5. The van der Waals surface area contributed by atoms with E-state index in [2.05, 4.69) is 29.7 Å². The topological polar surface area (TPSA) is 41.1 Å². The van der Waals surface area contributed by atoms with E-state index >= 15 is 0 Å². The summed E-state index contributed by atoms with van der Waals surface area (Å²) in [4.78, 5) is 13.4. The molecule has 3 nitrogen and oxygen atoms in total. The van der Waals surface area contributed by atoms with Crippen LogP contribution in [0.1, 0.15) is 22.6 Å². The maximum atomic E-state index is 13.4. The van der Waals surface area contributed by atoms with Crippen LogP contribution in [-0.4, -0.2) is 5.91 Å². The number of carbonyl (C=O) groups excluding carboxylic acids is 1. The Hall–Kier alpha value is -3.85. The Bertz CT molecular complexity index is 1070. The summed E-state index contributed by atoms with van der Waals surface area (Å²) in [6.45, 7) is 2.06. The fourth-order valence-corrected chi connectivity index (χ4v) is 3.48. The van der Waals surface area contributed by atoms with E-state index in [0.29, 0.717) is 0 Å². The van der Waals surface area contributed by atoms with Crippen LogP contribution in [0.15, 0.2) is 109 Å². The number of hydrogen-bond donors (Lipinski definition) is 2. The zero-order valence-electron chi connectivity index (χ0n) is 16.9. The second-order valence-corrected chi connectivity index (χ2v) is 7.28. The lowest BCUT2D eigenvalue weighted by Gasteiger charge is -2.20. The van der Waals surface area contributed by atoms with Gasteiger partial charge in [0.15, 0.2) is 0 Å². The fourth-order valence-electron chi connectivity index (χ4n) is 3.48. The molecule has 0 aliphatic heterocycles. The van der Waals surface area contributed by atoms with Crippen LogP contribution in [0.25, 0.3) is 0 Å². The molecule has 0 aliphatic carbocycles. The van der Waals surface area contributed by atoms with Crippen molar-refractivity contribution in [3.8, 4) is 0 Å². The highest BCUT2D eigenvalue weighted by Gasteiger charge is 2.23. The van der Waals surface area contributed by atoms with E-state index in [1.54, 1.807) is 0 Å². The average molecular weight is 393 g/mol. The predicted molar refractivity (Wildman–Crippen MR) is 124 cm³/mol. The molecule has 4 aromatic carbocycles. The van der Waals surface area contributed by atoms with E-state index < -0.39 is 0 Å². The molecule has 0 heterocycles.